The molecule has 2 saturated heterocycles. The van der Waals surface area contributed by atoms with Gasteiger partial charge >= 0.3 is 0 Å². The van der Waals surface area contributed by atoms with E-state index in [4.69, 9.17) is 9.84 Å². The molecule has 0 radical (unpaired) electrons. The Labute approximate surface area is 146 Å². The van der Waals surface area contributed by atoms with Crippen molar-refractivity contribution in [1.82, 2.24) is 9.80 Å². The van der Waals surface area contributed by atoms with E-state index >= 15 is 0 Å². The summed E-state index contributed by atoms with van der Waals surface area (Å²) < 4.78 is 5.90. The Kier molecular flexibility index (Phi) is 6.52. The minimum absolute atomic E-state index is 0.315. The highest BCUT2D eigenvalue weighted by molar-refractivity contribution is 5.31. The monoisotopic (exact) mass is 332 g/mol. The molecule has 0 bridgehead atoms. The minimum atomic E-state index is 0.315. The molecule has 2 heterocycles. The molecule has 2 atom stereocenters. The van der Waals surface area contributed by atoms with Crippen LogP contribution in [0.2, 0.25) is 0 Å². The van der Waals surface area contributed by atoms with Crippen LogP contribution in [0, 0.1) is 5.92 Å². The van der Waals surface area contributed by atoms with Gasteiger partial charge in [-0.3, -0.25) is 4.90 Å². The van der Waals surface area contributed by atoms with Crippen molar-refractivity contribution < 1.29 is 9.84 Å². The molecule has 0 aliphatic carbocycles. The Morgan fingerprint density at radius 2 is 1.83 bits per heavy atom. The number of benzene rings is 1. The molecule has 4 nitrogen and oxygen atoms in total. The third-order valence-corrected chi connectivity index (χ3v) is 5.49. The third-order valence-electron chi connectivity index (χ3n) is 5.49. The Balaban J connectivity index is 1.27. The molecule has 24 heavy (non-hydrogen) atoms. The van der Waals surface area contributed by atoms with E-state index in [9.17, 15) is 0 Å². The molecular formula is C20H32N2O2. The molecular weight excluding hydrogens is 300 g/mol. The summed E-state index contributed by atoms with van der Waals surface area (Å²) in [6.45, 7) is 5.77. The van der Waals surface area contributed by atoms with Gasteiger partial charge in [-0.2, -0.15) is 0 Å². The summed E-state index contributed by atoms with van der Waals surface area (Å²) >= 11 is 0. The number of likely N-dealkylation sites (N-methyl/N-ethyl adjacent to an activating group) is 1. The topological polar surface area (TPSA) is 35.7 Å². The maximum atomic E-state index is 8.90. The van der Waals surface area contributed by atoms with Crippen molar-refractivity contribution in [1.29, 1.82) is 0 Å². The maximum absolute atomic E-state index is 8.90. The standard InChI is InChI=1S/C20H32N2O2/c1-21-16-20(21)18-5-7-19(8-6-18)24-15-2-4-17-9-12-22(13-10-17)11-3-14-23/h5-8,17,20,23H,2-4,9-16H2,1H3/t20-,21?/m0/s1. The highest BCUT2D eigenvalue weighted by Gasteiger charge is 2.30. The summed E-state index contributed by atoms with van der Waals surface area (Å²) in [5.74, 6) is 1.85. The van der Waals surface area contributed by atoms with Gasteiger partial charge < -0.3 is 14.7 Å². The van der Waals surface area contributed by atoms with Crippen molar-refractivity contribution in [2.45, 2.75) is 38.1 Å². The molecule has 1 unspecified atom stereocenters. The van der Waals surface area contributed by atoms with Gasteiger partial charge in [-0.1, -0.05) is 12.1 Å². The molecule has 0 aromatic heterocycles. The van der Waals surface area contributed by atoms with E-state index in [2.05, 4.69) is 41.1 Å². The van der Waals surface area contributed by atoms with Gasteiger partial charge in [0.1, 0.15) is 5.75 Å². The first-order chi connectivity index (χ1) is 11.8. The normalized spacial score (nSPS) is 24.9. The summed E-state index contributed by atoms with van der Waals surface area (Å²) in [6.07, 6.45) is 5.94. The zero-order valence-corrected chi connectivity index (χ0v) is 15.0. The smallest absolute Gasteiger partial charge is 0.119 e. The van der Waals surface area contributed by atoms with E-state index in [-0.39, 0.29) is 0 Å². The Morgan fingerprint density at radius 1 is 1.12 bits per heavy atom. The van der Waals surface area contributed by atoms with E-state index in [1.807, 2.05) is 0 Å². The second-order valence-corrected chi connectivity index (χ2v) is 7.38. The number of nitrogens with zero attached hydrogens (tertiary/aromatic N) is 2. The second kappa shape index (κ2) is 8.84. The predicted molar refractivity (Wildman–Crippen MR) is 97.4 cm³/mol. The van der Waals surface area contributed by atoms with Crippen LogP contribution < -0.4 is 4.74 Å². The summed E-state index contributed by atoms with van der Waals surface area (Å²) in [4.78, 5) is 4.83. The van der Waals surface area contributed by atoms with Crippen LogP contribution >= 0.6 is 0 Å². The van der Waals surface area contributed by atoms with Crippen LogP contribution in [0.1, 0.15) is 43.7 Å². The van der Waals surface area contributed by atoms with Crippen LogP contribution in [0.5, 0.6) is 5.75 Å². The molecule has 3 rings (SSSR count). The fourth-order valence-corrected chi connectivity index (χ4v) is 3.73. The summed E-state index contributed by atoms with van der Waals surface area (Å²) in [7, 11) is 2.16. The quantitative estimate of drug-likeness (QED) is 0.557. The molecule has 1 aromatic rings. The van der Waals surface area contributed by atoms with Crippen molar-refractivity contribution in [2.24, 2.45) is 5.92 Å². The van der Waals surface area contributed by atoms with Crippen LogP contribution in [-0.2, 0) is 0 Å². The molecule has 0 saturated carbocycles. The van der Waals surface area contributed by atoms with Crippen molar-refractivity contribution in [3.05, 3.63) is 29.8 Å². The van der Waals surface area contributed by atoms with Gasteiger partial charge in [0.25, 0.3) is 0 Å². The van der Waals surface area contributed by atoms with E-state index in [1.165, 1.54) is 44.5 Å². The SMILES string of the molecule is CN1C[C@H]1c1ccc(OCCCC2CCN(CCCO)CC2)cc1. The van der Waals surface area contributed by atoms with Crippen molar-refractivity contribution >= 4 is 0 Å². The van der Waals surface area contributed by atoms with E-state index < -0.39 is 0 Å². The van der Waals surface area contributed by atoms with Crippen molar-refractivity contribution in [2.75, 3.05) is 46.4 Å². The average Bonchev–Trinajstić information content (AvgIpc) is 3.35. The average molecular weight is 332 g/mol. The summed E-state index contributed by atoms with van der Waals surface area (Å²) in [5.41, 5.74) is 1.40. The van der Waals surface area contributed by atoms with Gasteiger partial charge in [-0.25, -0.2) is 0 Å². The van der Waals surface area contributed by atoms with Crippen molar-refractivity contribution in [3.63, 3.8) is 0 Å². The van der Waals surface area contributed by atoms with Crippen LogP contribution in [0.25, 0.3) is 0 Å². The number of ether oxygens (including phenoxy) is 1. The number of aliphatic hydroxyl groups excluding tert-OH is 1. The lowest BCUT2D eigenvalue weighted by Gasteiger charge is -2.31. The Morgan fingerprint density at radius 3 is 2.46 bits per heavy atom. The van der Waals surface area contributed by atoms with Crippen LogP contribution in [0.3, 0.4) is 0 Å². The van der Waals surface area contributed by atoms with E-state index in [1.54, 1.807) is 0 Å². The minimum Gasteiger partial charge on any atom is -0.494 e. The summed E-state index contributed by atoms with van der Waals surface area (Å²) in [5, 5.41) is 8.90. The first-order valence-corrected chi connectivity index (χ1v) is 9.52. The Bertz CT molecular complexity index is 483. The summed E-state index contributed by atoms with van der Waals surface area (Å²) in [6, 6.07) is 9.25. The fraction of sp³-hybridized carbons (Fsp3) is 0.700. The highest BCUT2D eigenvalue weighted by Crippen LogP contribution is 2.33. The molecule has 134 valence electrons. The molecule has 1 aromatic carbocycles. The second-order valence-electron chi connectivity index (χ2n) is 7.38. The van der Waals surface area contributed by atoms with Crippen LogP contribution in [0.4, 0.5) is 0 Å². The largest absolute Gasteiger partial charge is 0.494 e. The number of rotatable bonds is 9. The number of hydrogen-bond acceptors (Lipinski definition) is 4. The first kappa shape index (κ1) is 17.7. The zero-order valence-electron chi connectivity index (χ0n) is 15.0. The molecule has 2 aliphatic heterocycles. The van der Waals surface area contributed by atoms with Gasteiger partial charge in [-0.15, -0.1) is 0 Å². The van der Waals surface area contributed by atoms with Gasteiger partial charge in [0.05, 0.1) is 6.61 Å². The Hall–Kier alpha value is -1.10. The number of hydrogen-bond donors (Lipinski definition) is 1. The molecule has 4 heteroatoms. The highest BCUT2D eigenvalue weighted by atomic mass is 16.5. The van der Waals surface area contributed by atoms with E-state index in [0.29, 0.717) is 12.6 Å². The van der Waals surface area contributed by atoms with Gasteiger partial charge in [0.2, 0.25) is 0 Å². The lowest BCUT2D eigenvalue weighted by Crippen LogP contribution is -2.34. The zero-order chi connectivity index (χ0) is 16.8. The predicted octanol–water partition coefficient (Wildman–Crippen LogP) is 2.93. The fourth-order valence-electron chi connectivity index (χ4n) is 3.73. The number of piperidine rings is 1. The maximum Gasteiger partial charge on any atom is 0.119 e. The third kappa shape index (κ3) is 5.20. The van der Waals surface area contributed by atoms with Crippen LogP contribution in [0.15, 0.2) is 24.3 Å². The molecule has 1 N–H and O–H groups in total. The van der Waals surface area contributed by atoms with Gasteiger partial charge in [-0.05, 0) is 75.9 Å². The molecule has 0 spiro atoms. The number of likely N-dealkylation sites (tertiary alicyclic amines) is 1. The number of aliphatic hydroxyl groups is 1. The molecule has 2 fully saturated rings. The van der Waals surface area contributed by atoms with Gasteiger partial charge in [0, 0.05) is 25.7 Å². The molecule has 0 amide bonds. The van der Waals surface area contributed by atoms with E-state index in [0.717, 1.165) is 37.7 Å². The van der Waals surface area contributed by atoms with Crippen molar-refractivity contribution in [3.8, 4) is 5.75 Å². The molecule has 2 aliphatic rings. The van der Waals surface area contributed by atoms with Crippen LogP contribution in [-0.4, -0.2) is 61.3 Å². The lowest BCUT2D eigenvalue weighted by molar-refractivity contribution is 0.158. The lowest BCUT2D eigenvalue weighted by atomic mass is 9.92. The first-order valence-electron chi connectivity index (χ1n) is 9.52. The van der Waals surface area contributed by atoms with Gasteiger partial charge in [0.15, 0.2) is 0 Å².